The van der Waals surface area contributed by atoms with E-state index in [-0.39, 0.29) is 11.9 Å². The highest BCUT2D eigenvalue weighted by Gasteiger charge is 2.33. The van der Waals surface area contributed by atoms with Crippen molar-refractivity contribution in [3.05, 3.63) is 40.2 Å². The first-order valence-corrected chi connectivity index (χ1v) is 6.50. The van der Waals surface area contributed by atoms with Crippen LogP contribution in [0.2, 0.25) is 5.28 Å². The standard InChI is InChI=1S/C13H13ClF3N3O/c1-6-4-9(8(3)21-6)7(2)18-11-5-10(13(15,16)17)19-12(14)20-11/h4-5,7H,1-3H3,(H,18,19,20). The molecule has 0 saturated heterocycles. The van der Waals surface area contributed by atoms with Gasteiger partial charge in [0.1, 0.15) is 17.3 Å². The Morgan fingerprint density at radius 1 is 1.24 bits per heavy atom. The Morgan fingerprint density at radius 2 is 1.90 bits per heavy atom. The molecule has 2 aromatic rings. The molecule has 0 aliphatic rings. The summed E-state index contributed by atoms with van der Waals surface area (Å²) in [5.41, 5.74) is -0.243. The maximum atomic E-state index is 12.7. The van der Waals surface area contributed by atoms with E-state index in [1.165, 1.54) is 0 Å². The van der Waals surface area contributed by atoms with Crippen molar-refractivity contribution in [3.63, 3.8) is 0 Å². The zero-order valence-electron chi connectivity index (χ0n) is 11.5. The Kier molecular flexibility index (Phi) is 4.13. The fraction of sp³-hybridized carbons (Fsp3) is 0.385. The minimum absolute atomic E-state index is 0.00748. The van der Waals surface area contributed by atoms with Gasteiger partial charge in [0.15, 0.2) is 5.69 Å². The van der Waals surface area contributed by atoms with Crippen molar-refractivity contribution >= 4 is 17.4 Å². The maximum Gasteiger partial charge on any atom is 0.433 e. The van der Waals surface area contributed by atoms with Gasteiger partial charge in [-0.1, -0.05) is 0 Å². The summed E-state index contributed by atoms with van der Waals surface area (Å²) in [4.78, 5) is 6.94. The fourth-order valence-corrected chi connectivity index (χ4v) is 2.20. The molecule has 0 spiro atoms. The monoisotopic (exact) mass is 319 g/mol. The van der Waals surface area contributed by atoms with Crippen molar-refractivity contribution in [2.24, 2.45) is 0 Å². The molecule has 4 nitrogen and oxygen atoms in total. The predicted octanol–water partition coefficient (Wildman–Crippen LogP) is 4.53. The van der Waals surface area contributed by atoms with Crippen molar-refractivity contribution in [1.29, 1.82) is 0 Å². The van der Waals surface area contributed by atoms with Crippen LogP contribution < -0.4 is 5.32 Å². The molecule has 21 heavy (non-hydrogen) atoms. The number of nitrogens with zero attached hydrogens (tertiary/aromatic N) is 2. The van der Waals surface area contributed by atoms with Gasteiger partial charge in [-0.2, -0.15) is 13.2 Å². The third-order valence-corrected chi connectivity index (χ3v) is 3.07. The van der Waals surface area contributed by atoms with Crippen LogP contribution in [0, 0.1) is 13.8 Å². The lowest BCUT2D eigenvalue weighted by molar-refractivity contribution is -0.141. The number of rotatable bonds is 3. The van der Waals surface area contributed by atoms with Gasteiger partial charge >= 0.3 is 6.18 Å². The molecule has 1 atom stereocenters. The number of hydrogen-bond acceptors (Lipinski definition) is 4. The summed E-state index contributed by atoms with van der Waals surface area (Å²) in [5, 5.41) is 2.41. The average molecular weight is 320 g/mol. The summed E-state index contributed by atoms with van der Waals surface area (Å²) >= 11 is 5.54. The molecule has 0 aliphatic heterocycles. The van der Waals surface area contributed by atoms with Crippen LogP contribution in [0.5, 0.6) is 0 Å². The van der Waals surface area contributed by atoms with E-state index in [1.54, 1.807) is 20.8 Å². The van der Waals surface area contributed by atoms with Gasteiger partial charge in [-0.05, 0) is 38.4 Å². The van der Waals surface area contributed by atoms with E-state index in [0.29, 0.717) is 5.76 Å². The molecule has 2 aromatic heterocycles. The second-order valence-electron chi connectivity index (χ2n) is 4.64. The topological polar surface area (TPSA) is 51.0 Å². The number of halogens is 4. The largest absolute Gasteiger partial charge is 0.466 e. The molecule has 1 unspecified atom stereocenters. The zero-order chi connectivity index (χ0) is 15.8. The first kappa shape index (κ1) is 15.6. The number of aromatic nitrogens is 2. The van der Waals surface area contributed by atoms with Crippen LogP contribution in [0.1, 0.15) is 35.7 Å². The van der Waals surface area contributed by atoms with Gasteiger partial charge in [-0.25, -0.2) is 9.97 Å². The second-order valence-corrected chi connectivity index (χ2v) is 4.98. The predicted molar refractivity (Wildman–Crippen MR) is 72.3 cm³/mol. The third-order valence-electron chi connectivity index (χ3n) is 2.90. The van der Waals surface area contributed by atoms with Gasteiger partial charge in [0.05, 0.1) is 6.04 Å². The lowest BCUT2D eigenvalue weighted by atomic mass is 10.1. The van der Waals surface area contributed by atoms with Crippen LogP contribution in [-0.4, -0.2) is 9.97 Å². The number of anilines is 1. The smallest absolute Gasteiger partial charge is 0.433 e. The average Bonchev–Trinajstić information content (AvgIpc) is 2.66. The summed E-state index contributed by atoms with van der Waals surface area (Å²) < 4.78 is 43.4. The van der Waals surface area contributed by atoms with Gasteiger partial charge in [-0.3, -0.25) is 0 Å². The second kappa shape index (κ2) is 5.55. The van der Waals surface area contributed by atoms with Crippen molar-refractivity contribution in [1.82, 2.24) is 9.97 Å². The summed E-state index contributed by atoms with van der Waals surface area (Å²) in [6.45, 7) is 5.38. The Balaban J connectivity index is 2.27. The van der Waals surface area contributed by atoms with Gasteiger partial charge < -0.3 is 9.73 Å². The van der Waals surface area contributed by atoms with E-state index in [9.17, 15) is 13.2 Å². The highest BCUT2D eigenvalue weighted by atomic mass is 35.5. The van der Waals surface area contributed by atoms with Crippen molar-refractivity contribution < 1.29 is 17.6 Å². The molecular formula is C13H13ClF3N3O. The molecule has 0 amide bonds. The normalized spacial score (nSPS) is 13.3. The SMILES string of the molecule is Cc1cc(C(C)Nc2cc(C(F)(F)F)nc(Cl)n2)c(C)o1. The molecule has 0 fully saturated rings. The molecule has 0 saturated carbocycles. The Labute approximate surface area is 124 Å². The molecule has 0 bridgehead atoms. The Bertz CT molecular complexity index is 655. The minimum Gasteiger partial charge on any atom is -0.466 e. The van der Waals surface area contributed by atoms with Crippen LogP contribution in [0.15, 0.2) is 16.5 Å². The Morgan fingerprint density at radius 3 is 2.43 bits per heavy atom. The highest BCUT2D eigenvalue weighted by molar-refractivity contribution is 6.28. The molecule has 0 aliphatic carbocycles. The van der Waals surface area contributed by atoms with Crippen LogP contribution in [0.4, 0.5) is 19.0 Å². The van der Waals surface area contributed by atoms with Gasteiger partial charge in [0, 0.05) is 11.6 Å². The molecule has 0 radical (unpaired) electrons. The quantitative estimate of drug-likeness (QED) is 0.844. The van der Waals surface area contributed by atoms with E-state index < -0.39 is 17.2 Å². The number of furan rings is 1. The summed E-state index contributed by atoms with van der Waals surface area (Å²) in [7, 11) is 0. The minimum atomic E-state index is -4.58. The molecule has 1 N–H and O–H groups in total. The Hall–Kier alpha value is -1.76. The van der Waals surface area contributed by atoms with Crippen LogP contribution >= 0.6 is 11.6 Å². The first-order chi connectivity index (χ1) is 9.66. The van der Waals surface area contributed by atoms with Crippen LogP contribution in [0.3, 0.4) is 0 Å². The van der Waals surface area contributed by atoms with E-state index in [2.05, 4.69) is 15.3 Å². The van der Waals surface area contributed by atoms with Crippen LogP contribution in [0.25, 0.3) is 0 Å². The van der Waals surface area contributed by atoms with Crippen molar-refractivity contribution in [3.8, 4) is 0 Å². The molecule has 114 valence electrons. The summed E-state index contributed by atoms with van der Waals surface area (Å²) in [6.07, 6.45) is -4.58. The number of aryl methyl sites for hydroxylation is 2. The number of hydrogen-bond donors (Lipinski definition) is 1. The van der Waals surface area contributed by atoms with E-state index in [4.69, 9.17) is 16.0 Å². The lowest BCUT2D eigenvalue weighted by Crippen LogP contribution is -2.13. The van der Waals surface area contributed by atoms with E-state index in [1.807, 2.05) is 6.07 Å². The summed E-state index contributed by atoms with van der Waals surface area (Å²) in [5.74, 6) is 1.43. The van der Waals surface area contributed by atoms with E-state index >= 15 is 0 Å². The van der Waals surface area contributed by atoms with Crippen molar-refractivity contribution in [2.45, 2.75) is 33.0 Å². The lowest BCUT2D eigenvalue weighted by Gasteiger charge is -2.15. The van der Waals surface area contributed by atoms with Gasteiger partial charge in [0.2, 0.25) is 5.28 Å². The molecular weight excluding hydrogens is 307 g/mol. The molecule has 2 rings (SSSR count). The molecule has 2 heterocycles. The van der Waals surface area contributed by atoms with Gasteiger partial charge in [0.25, 0.3) is 0 Å². The highest BCUT2D eigenvalue weighted by Crippen LogP contribution is 2.31. The first-order valence-electron chi connectivity index (χ1n) is 6.12. The maximum absolute atomic E-state index is 12.7. The molecule has 8 heteroatoms. The third kappa shape index (κ3) is 3.66. The number of alkyl halides is 3. The summed E-state index contributed by atoms with van der Waals surface area (Å²) in [6, 6.07) is 2.36. The van der Waals surface area contributed by atoms with Crippen LogP contribution in [-0.2, 0) is 6.18 Å². The fourth-order valence-electron chi connectivity index (χ4n) is 2.02. The number of nitrogens with one attached hydrogen (secondary N) is 1. The molecule has 0 aromatic carbocycles. The van der Waals surface area contributed by atoms with E-state index in [0.717, 1.165) is 17.4 Å². The zero-order valence-corrected chi connectivity index (χ0v) is 12.3. The van der Waals surface area contributed by atoms with Gasteiger partial charge in [-0.15, -0.1) is 0 Å². The van der Waals surface area contributed by atoms with Crippen molar-refractivity contribution in [2.75, 3.05) is 5.32 Å².